The highest BCUT2D eigenvalue weighted by molar-refractivity contribution is 7.13. The second-order valence-electron chi connectivity index (χ2n) is 5.34. The first-order chi connectivity index (χ1) is 11.5. The summed E-state index contributed by atoms with van der Waals surface area (Å²) in [6.45, 7) is 0.353. The summed E-state index contributed by atoms with van der Waals surface area (Å²) in [6.07, 6.45) is -4.82. The molecule has 3 heterocycles. The van der Waals surface area contributed by atoms with Crippen molar-refractivity contribution in [3.05, 3.63) is 22.8 Å². The third-order valence-electron chi connectivity index (χ3n) is 3.66. The topological polar surface area (TPSA) is 79.2 Å². The Balaban J connectivity index is 2.06. The fourth-order valence-corrected chi connectivity index (χ4v) is 2.92. The molecule has 2 aromatic heterocycles. The fourth-order valence-electron chi connectivity index (χ4n) is 2.16. The number of carbonyl (C=O) groups is 1. The Morgan fingerprint density at radius 2 is 2.04 bits per heavy atom. The van der Waals surface area contributed by atoms with Gasteiger partial charge in [0.1, 0.15) is 10.7 Å². The van der Waals surface area contributed by atoms with Gasteiger partial charge < -0.3 is 10.0 Å². The van der Waals surface area contributed by atoms with E-state index in [1.54, 1.807) is 0 Å². The largest absolute Gasteiger partial charge is 0.476 e. The molecule has 25 heavy (non-hydrogen) atoms. The van der Waals surface area contributed by atoms with E-state index in [1.807, 2.05) is 0 Å². The molecule has 12 heteroatoms. The van der Waals surface area contributed by atoms with Crippen LogP contribution in [0.3, 0.4) is 0 Å². The zero-order valence-corrected chi connectivity index (χ0v) is 13.2. The molecular formula is C13H9F5N4O2S. The van der Waals surface area contributed by atoms with E-state index in [4.69, 9.17) is 5.11 Å². The smallest absolute Gasteiger partial charge is 0.433 e. The number of carboxylic acid groups (broad SMARTS) is 1. The Kier molecular flexibility index (Phi) is 3.89. The Bertz CT molecular complexity index is 838. The number of thiazole rings is 1. The van der Waals surface area contributed by atoms with Crippen molar-refractivity contribution in [2.24, 2.45) is 0 Å². The predicted octanol–water partition coefficient (Wildman–Crippen LogP) is 3.16. The number of anilines is 1. The van der Waals surface area contributed by atoms with Gasteiger partial charge in [-0.3, -0.25) is 0 Å². The molecule has 0 bridgehead atoms. The zero-order valence-electron chi connectivity index (χ0n) is 12.4. The van der Waals surface area contributed by atoms with E-state index in [2.05, 4.69) is 15.0 Å². The maximum absolute atomic E-state index is 13.3. The first-order valence-corrected chi connectivity index (χ1v) is 7.67. The summed E-state index contributed by atoms with van der Waals surface area (Å²) in [6, 6.07) is -0.744. The summed E-state index contributed by atoms with van der Waals surface area (Å²) < 4.78 is 65.8. The Labute approximate surface area is 141 Å². The number of carboxylic acids is 1. The molecule has 1 atom stereocenters. The van der Waals surface area contributed by atoms with E-state index in [1.165, 1.54) is 0 Å². The molecule has 0 spiro atoms. The van der Waals surface area contributed by atoms with Gasteiger partial charge in [0.15, 0.2) is 11.4 Å². The van der Waals surface area contributed by atoms with Gasteiger partial charge in [-0.05, 0) is 13.0 Å². The van der Waals surface area contributed by atoms with Crippen molar-refractivity contribution in [3.63, 3.8) is 0 Å². The standard InChI is InChI=1S/C13H9F5N4O2S/c1-5-12(14,15)4-22(5)11-20-6(2-8(21-11)13(16,17)18)9-19-7(3-25-9)10(23)24/h2-3,5H,4H2,1H3,(H,23,24)/t5-/m0/s1. The molecule has 6 nitrogen and oxygen atoms in total. The number of hydrogen-bond acceptors (Lipinski definition) is 6. The second-order valence-corrected chi connectivity index (χ2v) is 6.20. The Morgan fingerprint density at radius 1 is 1.36 bits per heavy atom. The lowest BCUT2D eigenvalue weighted by Crippen LogP contribution is -2.64. The van der Waals surface area contributed by atoms with Gasteiger partial charge >= 0.3 is 12.1 Å². The van der Waals surface area contributed by atoms with Crippen LogP contribution in [-0.4, -0.2) is 44.5 Å². The Hall–Kier alpha value is -2.37. The number of halogens is 5. The Morgan fingerprint density at radius 3 is 2.52 bits per heavy atom. The van der Waals surface area contributed by atoms with Gasteiger partial charge in [-0.1, -0.05) is 0 Å². The summed E-state index contributed by atoms with van der Waals surface area (Å²) in [7, 11) is 0. The molecule has 1 N–H and O–H groups in total. The molecule has 0 amide bonds. The molecule has 2 aromatic rings. The summed E-state index contributed by atoms with van der Waals surface area (Å²) >= 11 is 0.781. The number of rotatable bonds is 3. The lowest BCUT2D eigenvalue weighted by atomic mass is 10.0. The van der Waals surface area contributed by atoms with Crippen LogP contribution in [0.25, 0.3) is 10.7 Å². The highest BCUT2D eigenvalue weighted by Crippen LogP contribution is 2.39. The lowest BCUT2D eigenvalue weighted by Gasteiger charge is -2.45. The average Bonchev–Trinajstić information content (AvgIpc) is 3.01. The average molecular weight is 380 g/mol. The van der Waals surface area contributed by atoms with Crippen LogP contribution in [0, 0.1) is 0 Å². The molecule has 1 aliphatic heterocycles. The maximum Gasteiger partial charge on any atom is 0.433 e. The maximum atomic E-state index is 13.3. The van der Waals surface area contributed by atoms with Crippen molar-refractivity contribution in [3.8, 4) is 10.7 Å². The van der Waals surface area contributed by atoms with Crippen molar-refractivity contribution >= 4 is 23.3 Å². The van der Waals surface area contributed by atoms with E-state index in [-0.39, 0.29) is 16.4 Å². The van der Waals surface area contributed by atoms with Gasteiger partial charge in [0, 0.05) is 5.38 Å². The number of aromatic carboxylic acids is 1. The third-order valence-corrected chi connectivity index (χ3v) is 4.53. The molecule has 134 valence electrons. The summed E-state index contributed by atoms with van der Waals surface area (Å²) in [5.41, 5.74) is -1.95. The van der Waals surface area contributed by atoms with E-state index in [0.29, 0.717) is 6.07 Å². The summed E-state index contributed by atoms with van der Waals surface area (Å²) in [5, 5.41) is 9.92. The minimum Gasteiger partial charge on any atom is -0.476 e. The molecule has 0 radical (unpaired) electrons. The van der Waals surface area contributed by atoms with Crippen molar-refractivity contribution in [1.29, 1.82) is 0 Å². The molecular weight excluding hydrogens is 371 g/mol. The molecule has 3 rings (SSSR count). The van der Waals surface area contributed by atoms with Crippen molar-refractivity contribution in [1.82, 2.24) is 15.0 Å². The number of aromatic nitrogens is 3. The molecule has 1 aliphatic rings. The zero-order chi connectivity index (χ0) is 18.6. The highest BCUT2D eigenvalue weighted by atomic mass is 32.1. The van der Waals surface area contributed by atoms with Crippen LogP contribution in [0.1, 0.15) is 23.1 Å². The molecule has 0 saturated carbocycles. The monoisotopic (exact) mass is 380 g/mol. The van der Waals surface area contributed by atoms with E-state index >= 15 is 0 Å². The first-order valence-electron chi connectivity index (χ1n) is 6.79. The number of nitrogens with zero attached hydrogens (tertiary/aromatic N) is 4. The van der Waals surface area contributed by atoms with Crippen LogP contribution in [0.4, 0.5) is 27.9 Å². The molecule has 1 fully saturated rings. The highest BCUT2D eigenvalue weighted by Gasteiger charge is 2.53. The van der Waals surface area contributed by atoms with Crippen LogP contribution < -0.4 is 4.90 Å². The van der Waals surface area contributed by atoms with Crippen molar-refractivity contribution in [2.75, 3.05) is 11.4 Å². The minimum absolute atomic E-state index is 0.0773. The third kappa shape index (κ3) is 3.13. The van der Waals surface area contributed by atoms with E-state index < -0.39 is 42.3 Å². The van der Waals surface area contributed by atoms with E-state index in [0.717, 1.165) is 28.5 Å². The van der Waals surface area contributed by atoms with Crippen LogP contribution in [0.5, 0.6) is 0 Å². The SMILES string of the molecule is C[C@@H]1N(c2nc(-c3nc(C(=O)O)cs3)cc(C(F)(F)F)n2)CC1(F)F. The predicted molar refractivity (Wildman–Crippen MR) is 76.9 cm³/mol. The fraction of sp³-hybridized carbons (Fsp3) is 0.385. The lowest BCUT2D eigenvalue weighted by molar-refractivity contribution is -0.141. The van der Waals surface area contributed by atoms with Crippen LogP contribution in [0.2, 0.25) is 0 Å². The van der Waals surface area contributed by atoms with Gasteiger partial charge in [-0.15, -0.1) is 11.3 Å². The molecule has 0 unspecified atom stereocenters. The quantitative estimate of drug-likeness (QED) is 0.824. The summed E-state index contributed by atoms with van der Waals surface area (Å²) in [5.74, 6) is -4.89. The normalized spacial score (nSPS) is 19.6. The summed E-state index contributed by atoms with van der Waals surface area (Å²) in [4.78, 5) is 22.7. The van der Waals surface area contributed by atoms with Gasteiger partial charge in [0.2, 0.25) is 5.95 Å². The van der Waals surface area contributed by atoms with Crippen LogP contribution in [-0.2, 0) is 6.18 Å². The second kappa shape index (κ2) is 5.58. The van der Waals surface area contributed by atoms with E-state index in [9.17, 15) is 26.7 Å². The van der Waals surface area contributed by atoms with Crippen molar-refractivity contribution in [2.45, 2.75) is 25.1 Å². The van der Waals surface area contributed by atoms with Crippen molar-refractivity contribution < 1.29 is 31.9 Å². The molecule has 0 aromatic carbocycles. The molecule has 0 aliphatic carbocycles. The van der Waals surface area contributed by atoms with Gasteiger partial charge in [0.05, 0.1) is 12.6 Å². The van der Waals surface area contributed by atoms with Crippen LogP contribution >= 0.6 is 11.3 Å². The number of alkyl halides is 5. The first kappa shape index (κ1) is 17.5. The van der Waals surface area contributed by atoms with Crippen LogP contribution in [0.15, 0.2) is 11.4 Å². The van der Waals surface area contributed by atoms with Gasteiger partial charge in [-0.25, -0.2) is 28.5 Å². The molecule has 1 saturated heterocycles. The van der Waals surface area contributed by atoms with Gasteiger partial charge in [-0.2, -0.15) is 13.2 Å². The minimum atomic E-state index is -4.82. The number of hydrogen-bond donors (Lipinski definition) is 1. The van der Waals surface area contributed by atoms with Gasteiger partial charge in [0.25, 0.3) is 5.92 Å².